The van der Waals surface area contributed by atoms with E-state index in [0.29, 0.717) is 18.7 Å². The van der Waals surface area contributed by atoms with Gasteiger partial charge in [0.25, 0.3) is 0 Å². The van der Waals surface area contributed by atoms with Crippen molar-refractivity contribution in [3.8, 4) is 5.75 Å². The van der Waals surface area contributed by atoms with Crippen LogP contribution in [0, 0.1) is 5.82 Å². The van der Waals surface area contributed by atoms with Crippen molar-refractivity contribution in [1.82, 2.24) is 5.32 Å². The number of ether oxygens (including phenoxy) is 1. The van der Waals surface area contributed by atoms with E-state index >= 15 is 0 Å². The minimum absolute atomic E-state index is 0.280. The zero-order valence-electron chi connectivity index (χ0n) is 8.22. The summed E-state index contributed by atoms with van der Waals surface area (Å²) in [7, 11) is 1.46. The Labute approximate surface area is 83.4 Å². The standard InChI is InChI=1S/C11H14FNO/c1-3-7-13-8-9-5-4-6-10(14-2)11(9)12/h3-6,13H,1,7-8H2,2H3. The van der Waals surface area contributed by atoms with Crippen LogP contribution in [0.5, 0.6) is 5.75 Å². The van der Waals surface area contributed by atoms with Crippen LogP contribution in [0.15, 0.2) is 30.9 Å². The lowest BCUT2D eigenvalue weighted by molar-refractivity contribution is 0.383. The molecule has 0 aliphatic rings. The Morgan fingerprint density at radius 3 is 3.00 bits per heavy atom. The van der Waals surface area contributed by atoms with Crippen LogP contribution in [0.2, 0.25) is 0 Å². The molecule has 1 N–H and O–H groups in total. The summed E-state index contributed by atoms with van der Waals surface area (Å²) in [5, 5.41) is 3.03. The van der Waals surface area contributed by atoms with Crippen LogP contribution >= 0.6 is 0 Å². The number of hydrogen-bond acceptors (Lipinski definition) is 2. The van der Waals surface area contributed by atoms with E-state index in [1.54, 1.807) is 24.3 Å². The first-order valence-corrected chi connectivity index (χ1v) is 4.42. The van der Waals surface area contributed by atoms with Crippen LogP contribution in [0.25, 0.3) is 0 Å². The van der Waals surface area contributed by atoms with Crippen molar-refractivity contribution in [2.75, 3.05) is 13.7 Å². The number of methoxy groups -OCH3 is 1. The summed E-state index contributed by atoms with van der Waals surface area (Å²) in [4.78, 5) is 0. The van der Waals surface area contributed by atoms with E-state index < -0.39 is 0 Å². The van der Waals surface area contributed by atoms with E-state index in [1.807, 2.05) is 0 Å². The van der Waals surface area contributed by atoms with Crippen molar-refractivity contribution in [3.05, 3.63) is 42.2 Å². The van der Waals surface area contributed by atoms with Crippen molar-refractivity contribution >= 4 is 0 Å². The molecule has 0 aliphatic carbocycles. The topological polar surface area (TPSA) is 21.3 Å². The maximum absolute atomic E-state index is 13.5. The van der Waals surface area contributed by atoms with Gasteiger partial charge in [-0.15, -0.1) is 6.58 Å². The molecule has 2 nitrogen and oxygen atoms in total. The van der Waals surface area contributed by atoms with Crippen molar-refractivity contribution < 1.29 is 9.13 Å². The Morgan fingerprint density at radius 2 is 2.36 bits per heavy atom. The molecule has 0 spiro atoms. The third-order valence-corrected chi connectivity index (χ3v) is 1.87. The van der Waals surface area contributed by atoms with E-state index in [9.17, 15) is 4.39 Å². The SMILES string of the molecule is C=CCNCc1cccc(OC)c1F. The lowest BCUT2D eigenvalue weighted by Gasteiger charge is -2.07. The minimum Gasteiger partial charge on any atom is -0.494 e. The highest BCUT2D eigenvalue weighted by Gasteiger charge is 2.06. The first kappa shape index (κ1) is 10.7. The second kappa shape index (κ2) is 5.40. The number of hydrogen-bond donors (Lipinski definition) is 1. The van der Waals surface area contributed by atoms with Gasteiger partial charge in [0.1, 0.15) is 0 Å². The Balaban J connectivity index is 2.71. The fraction of sp³-hybridized carbons (Fsp3) is 0.273. The fourth-order valence-corrected chi connectivity index (χ4v) is 1.16. The van der Waals surface area contributed by atoms with E-state index in [-0.39, 0.29) is 11.6 Å². The highest BCUT2D eigenvalue weighted by atomic mass is 19.1. The zero-order chi connectivity index (χ0) is 10.4. The molecule has 14 heavy (non-hydrogen) atoms. The zero-order valence-corrected chi connectivity index (χ0v) is 8.22. The van der Waals surface area contributed by atoms with E-state index in [2.05, 4.69) is 11.9 Å². The smallest absolute Gasteiger partial charge is 0.169 e. The summed E-state index contributed by atoms with van der Waals surface area (Å²) < 4.78 is 18.4. The highest BCUT2D eigenvalue weighted by Crippen LogP contribution is 2.19. The van der Waals surface area contributed by atoms with Crippen LogP contribution in [-0.2, 0) is 6.54 Å². The molecule has 76 valence electrons. The highest BCUT2D eigenvalue weighted by molar-refractivity contribution is 5.30. The molecule has 0 bridgehead atoms. The Hall–Kier alpha value is -1.35. The molecule has 1 aromatic rings. The fourth-order valence-electron chi connectivity index (χ4n) is 1.16. The van der Waals surface area contributed by atoms with Crippen molar-refractivity contribution in [2.24, 2.45) is 0 Å². The quantitative estimate of drug-likeness (QED) is 0.574. The lowest BCUT2D eigenvalue weighted by Crippen LogP contribution is -2.13. The number of benzene rings is 1. The van der Waals surface area contributed by atoms with Gasteiger partial charge in [-0.05, 0) is 6.07 Å². The normalized spacial score (nSPS) is 9.86. The van der Waals surface area contributed by atoms with E-state index in [0.717, 1.165) is 0 Å². The molecule has 1 aromatic carbocycles. The van der Waals surface area contributed by atoms with Crippen LogP contribution < -0.4 is 10.1 Å². The third-order valence-electron chi connectivity index (χ3n) is 1.87. The van der Waals surface area contributed by atoms with Crippen LogP contribution in [-0.4, -0.2) is 13.7 Å². The molecule has 0 aromatic heterocycles. The van der Waals surface area contributed by atoms with Gasteiger partial charge in [-0.3, -0.25) is 0 Å². The summed E-state index contributed by atoms with van der Waals surface area (Å²) in [6.45, 7) is 4.71. The molecule has 3 heteroatoms. The molecule has 0 saturated carbocycles. The monoisotopic (exact) mass is 195 g/mol. The summed E-state index contributed by atoms with van der Waals surface area (Å²) in [5.41, 5.74) is 0.603. The molecule has 0 saturated heterocycles. The molecule has 0 unspecified atom stereocenters. The molecule has 0 atom stereocenters. The molecule has 0 fully saturated rings. The molecule has 0 heterocycles. The molecular weight excluding hydrogens is 181 g/mol. The summed E-state index contributed by atoms with van der Waals surface area (Å²) in [5.74, 6) is -0.0190. The predicted molar refractivity (Wildman–Crippen MR) is 54.9 cm³/mol. The number of rotatable bonds is 5. The maximum Gasteiger partial charge on any atom is 0.169 e. The van der Waals surface area contributed by atoms with Gasteiger partial charge in [0, 0.05) is 18.7 Å². The molecule has 0 aliphatic heterocycles. The Bertz CT molecular complexity index is 312. The van der Waals surface area contributed by atoms with E-state index in [1.165, 1.54) is 7.11 Å². The van der Waals surface area contributed by atoms with Crippen LogP contribution in [0.1, 0.15) is 5.56 Å². The van der Waals surface area contributed by atoms with E-state index in [4.69, 9.17) is 4.74 Å². The second-order valence-electron chi connectivity index (χ2n) is 2.85. The van der Waals surface area contributed by atoms with Gasteiger partial charge in [-0.1, -0.05) is 18.2 Å². The molecule has 0 radical (unpaired) electrons. The summed E-state index contributed by atoms with van der Waals surface area (Å²) >= 11 is 0. The molecule has 1 rings (SSSR count). The maximum atomic E-state index is 13.5. The van der Waals surface area contributed by atoms with Gasteiger partial charge in [0.2, 0.25) is 0 Å². The number of halogens is 1. The van der Waals surface area contributed by atoms with Gasteiger partial charge < -0.3 is 10.1 Å². The average molecular weight is 195 g/mol. The predicted octanol–water partition coefficient (Wildman–Crippen LogP) is 2.11. The van der Waals surface area contributed by atoms with Gasteiger partial charge in [0.15, 0.2) is 11.6 Å². The van der Waals surface area contributed by atoms with Crippen molar-refractivity contribution in [3.63, 3.8) is 0 Å². The number of nitrogens with one attached hydrogen (secondary N) is 1. The largest absolute Gasteiger partial charge is 0.494 e. The first-order chi connectivity index (χ1) is 6.79. The second-order valence-corrected chi connectivity index (χ2v) is 2.85. The minimum atomic E-state index is -0.299. The average Bonchev–Trinajstić information content (AvgIpc) is 2.21. The van der Waals surface area contributed by atoms with Gasteiger partial charge >= 0.3 is 0 Å². The van der Waals surface area contributed by atoms with Gasteiger partial charge in [-0.2, -0.15) is 0 Å². The summed E-state index contributed by atoms with van der Waals surface area (Å²) in [6.07, 6.45) is 1.73. The van der Waals surface area contributed by atoms with Crippen molar-refractivity contribution in [1.29, 1.82) is 0 Å². The van der Waals surface area contributed by atoms with Crippen LogP contribution in [0.3, 0.4) is 0 Å². The molecular formula is C11H14FNO. The van der Waals surface area contributed by atoms with Gasteiger partial charge in [-0.25, -0.2) is 4.39 Å². The van der Waals surface area contributed by atoms with Crippen molar-refractivity contribution in [2.45, 2.75) is 6.54 Å². The summed E-state index contributed by atoms with van der Waals surface area (Å²) in [6, 6.07) is 5.10. The Kier molecular flexibility index (Phi) is 4.13. The first-order valence-electron chi connectivity index (χ1n) is 4.42. The van der Waals surface area contributed by atoms with Crippen LogP contribution in [0.4, 0.5) is 4.39 Å². The lowest BCUT2D eigenvalue weighted by atomic mass is 10.2. The third kappa shape index (κ3) is 2.57. The van der Waals surface area contributed by atoms with Gasteiger partial charge in [0.05, 0.1) is 7.11 Å². The molecule has 0 amide bonds. The Morgan fingerprint density at radius 1 is 1.57 bits per heavy atom.